The number of anilines is 1. The number of para-hydroxylation sites is 1. The van der Waals surface area contributed by atoms with Crippen molar-refractivity contribution in [3.8, 4) is 0 Å². The first-order valence-corrected chi connectivity index (χ1v) is 8.71. The lowest BCUT2D eigenvalue weighted by Gasteiger charge is -2.21. The van der Waals surface area contributed by atoms with Crippen LogP contribution >= 0.6 is 0 Å². The van der Waals surface area contributed by atoms with Gasteiger partial charge >= 0.3 is 12.0 Å². The molecule has 0 aromatic heterocycles. The van der Waals surface area contributed by atoms with E-state index in [-0.39, 0.29) is 5.69 Å². The first-order chi connectivity index (χ1) is 13.8. The SMILES string of the molecule is C[C@]1(c2ccccc2)NC(=O)N(CC(=O)OCC(=O)Nc2ccccc2F)C1=O. The topological polar surface area (TPSA) is 105 Å². The molecular formula is C20H18FN3O5. The second-order valence-electron chi connectivity index (χ2n) is 6.50. The van der Waals surface area contributed by atoms with Gasteiger partial charge in [0.15, 0.2) is 6.61 Å². The number of hydrogen-bond donors (Lipinski definition) is 2. The lowest BCUT2D eigenvalue weighted by Crippen LogP contribution is -2.41. The Bertz CT molecular complexity index is 966. The van der Waals surface area contributed by atoms with E-state index in [0.717, 1.165) is 4.90 Å². The fourth-order valence-electron chi connectivity index (χ4n) is 2.88. The Hall–Kier alpha value is -3.75. The molecule has 0 spiro atoms. The summed E-state index contributed by atoms with van der Waals surface area (Å²) in [4.78, 5) is 49.4. The van der Waals surface area contributed by atoms with E-state index in [2.05, 4.69) is 10.6 Å². The number of nitrogens with one attached hydrogen (secondary N) is 2. The monoisotopic (exact) mass is 399 g/mol. The van der Waals surface area contributed by atoms with Crippen molar-refractivity contribution in [2.45, 2.75) is 12.5 Å². The number of nitrogens with zero attached hydrogens (tertiary/aromatic N) is 1. The second kappa shape index (κ2) is 8.09. The van der Waals surface area contributed by atoms with Crippen LogP contribution in [0.15, 0.2) is 54.6 Å². The number of imide groups is 1. The average Bonchev–Trinajstić information content (AvgIpc) is 2.93. The van der Waals surface area contributed by atoms with Gasteiger partial charge in [0.05, 0.1) is 5.69 Å². The van der Waals surface area contributed by atoms with Crippen LogP contribution in [0.1, 0.15) is 12.5 Å². The summed E-state index contributed by atoms with van der Waals surface area (Å²) in [5, 5.41) is 4.82. The largest absolute Gasteiger partial charge is 0.454 e. The number of rotatable bonds is 6. The quantitative estimate of drug-likeness (QED) is 0.569. The Kier molecular flexibility index (Phi) is 5.58. The molecule has 1 saturated heterocycles. The molecular weight excluding hydrogens is 381 g/mol. The molecule has 2 aromatic rings. The number of urea groups is 1. The number of carbonyl (C=O) groups excluding carboxylic acids is 4. The lowest BCUT2D eigenvalue weighted by atomic mass is 9.92. The molecule has 0 saturated carbocycles. The van der Waals surface area contributed by atoms with E-state index in [1.54, 1.807) is 30.3 Å². The van der Waals surface area contributed by atoms with Crippen molar-refractivity contribution in [1.29, 1.82) is 0 Å². The van der Waals surface area contributed by atoms with E-state index in [0.29, 0.717) is 5.56 Å². The van der Waals surface area contributed by atoms with Crippen LogP contribution in [0, 0.1) is 5.82 Å². The Morgan fingerprint density at radius 2 is 1.76 bits per heavy atom. The van der Waals surface area contributed by atoms with E-state index in [9.17, 15) is 23.6 Å². The predicted octanol–water partition coefficient (Wildman–Crippen LogP) is 1.77. The highest BCUT2D eigenvalue weighted by Gasteiger charge is 2.49. The number of ether oxygens (including phenoxy) is 1. The molecule has 0 bridgehead atoms. The molecule has 0 unspecified atom stereocenters. The number of halogens is 1. The van der Waals surface area contributed by atoms with E-state index in [1.165, 1.54) is 31.2 Å². The Morgan fingerprint density at radius 1 is 1.10 bits per heavy atom. The van der Waals surface area contributed by atoms with E-state index >= 15 is 0 Å². The Balaban J connectivity index is 1.56. The van der Waals surface area contributed by atoms with Crippen molar-refractivity contribution in [2.24, 2.45) is 0 Å². The maximum absolute atomic E-state index is 13.5. The second-order valence-corrected chi connectivity index (χ2v) is 6.50. The minimum absolute atomic E-state index is 0.0544. The van der Waals surface area contributed by atoms with Gasteiger partial charge in [0.1, 0.15) is 17.9 Å². The maximum Gasteiger partial charge on any atom is 0.326 e. The van der Waals surface area contributed by atoms with Gasteiger partial charge in [-0.3, -0.25) is 19.3 Å². The minimum atomic E-state index is -1.30. The van der Waals surface area contributed by atoms with Crippen LogP contribution in [0.2, 0.25) is 0 Å². The predicted molar refractivity (Wildman–Crippen MR) is 100 cm³/mol. The van der Waals surface area contributed by atoms with Crippen LogP contribution in [0.5, 0.6) is 0 Å². The lowest BCUT2D eigenvalue weighted by molar-refractivity contribution is -0.150. The molecule has 9 heteroatoms. The number of benzene rings is 2. The Labute approximate surface area is 165 Å². The van der Waals surface area contributed by atoms with Crippen LogP contribution in [0.3, 0.4) is 0 Å². The van der Waals surface area contributed by atoms with Gasteiger partial charge in [-0.05, 0) is 24.6 Å². The first-order valence-electron chi connectivity index (χ1n) is 8.71. The van der Waals surface area contributed by atoms with E-state index in [4.69, 9.17) is 4.74 Å². The molecule has 150 valence electrons. The summed E-state index contributed by atoms with van der Waals surface area (Å²) in [5.74, 6) is -2.95. The third-order valence-corrected chi connectivity index (χ3v) is 4.43. The summed E-state index contributed by atoms with van der Waals surface area (Å²) < 4.78 is 18.3. The third-order valence-electron chi connectivity index (χ3n) is 4.43. The highest BCUT2D eigenvalue weighted by Crippen LogP contribution is 2.28. The normalized spacial score (nSPS) is 18.3. The molecule has 2 N–H and O–H groups in total. The van der Waals surface area contributed by atoms with Crippen molar-refractivity contribution in [3.63, 3.8) is 0 Å². The molecule has 2 aromatic carbocycles. The van der Waals surface area contributed by atoms with Gasteiger partial charge in [0, 0.05) is 0 Å². The van der Waals surface area contributed by atoms with Crippen LogP contribution in [0.25, 0.3) is 0 Å². The summed E-state index contributed by atoms with van der Waals surface area (Å²) in [7, 11) is 0. The zero-order valence-electron chi connectivity index (χ0n) is 15.5. The fraction of sp³-hybridized carbons (Fsp3) is 0.200. The molecule has 0 radical (unpaired) electrons. The molecule has 3 rings (SSSR count). The van der Waals surface area contributed by atoms with Crippen molar-refractivity contribution in [2.75, 3.05) is 18.5 Å². The zero-order chi connectivity index (χ0) is 21.0. The molecule has 8 nitrogen and oxygen atoms in total. The van der Waals surface area contributed by atoms with Gasteiger partial charge in [0.2, 0.25) is 0 Å². The van der Waals surface area contributed by atoms with Gasteiger partial charge in [-0.1, -0.05) is 42.5 Å². The zero-order valence-corrected chi connectivity index (χ0v) is 15.5. The Morgan fingerprint density at radius 3 is 2.45 bits per heavy atom. The number of carbonyl (C=O) groups is 4. The van der Waals surface area contributed by atoms with Crippen LogP contribution in [0.4, 0.5) is 14.9 Å². The van der Waals surface area contributed by atoms with Crippen LogP contribution < -0.4 is 10.6 Å². The van der Waals surface area contributed by atoms with Crippen molar-refractivity contribution in [3.05, 3.63) is 66.0 Å². The smallest absolute Gasteiger partial charge is 0.326 e. The van der Waals surface area contributed by atoms with E-state index < -0.39 is 48.3 Å². The van der Waals surface area contributed by atoms with E-state index in [1.807, 2.05) is 0 Å². The third kappa shape index (κ3) is 4.23. The fourth-order valence-corrected chi connectivity index (χ4v) is 2.88. The molecule has 1 fully saturated rings. The summed E-state index contributed by atoms with van der Waals surface area (Å²) in [6, 6.07) is 13.4. The van der Waals surface area contributed by atoms with Crippen molar-refractivity contribution in [1.82, 2.24) is 10.2 Å². The molecule has 0 aliphatic carbocycles. The molecule has 4 amide bonds. The summed E-state index contributed by atoms with van der Waals surface area (Å²) in [6.07, 6.45) is 0. The highest BCUT2D eigenvalue weighted by molar-refractivity contribution is 6.09. The number of hydrogen-bond acceptors (Lipinski definition) is 5. The van der Waals surface area contributed by atoms with Gasteiger partial charge in [-0.2, -0.15) is 0 Å². The van der Waals surface area contributed by atoms with Crippen LogP contribution in [-0.2, 0) is 24.7 Å². The standard InChI is InChI=1S/C20H18FN3O5/c1-20(13-7-3-2-4-8-13)18(27)24(19(28)23-20)11-17(26)29-12-16(25)22-15-10-6-5-9-14(15)21/h2-10H,11-12H2,1H3,(H,22,25)(H,23,28)/t20-/m1/s1. The summed E-state index contributed by atoms with van der Waals surface area (Å²) in [6.45, 7) is 0.197. The average molecular weight is 399 g/mol. The minimum Gasteiger partial charge on any atom is -0.454 e. The highest BCUT2D eigenvalue weighted by atomic mass is 19.1. The molecule has 1 atom stereocenters. The summed E-state index contributed by atoms with van der Waals surface area (Å²) in [5.41, 5.74) is -0.791. The number of esters is 1. The van der Waals surface area contributed by atoms with Gasteiger partial charge < -0.3 is 15.4 Å². The van der Waals surface area contributed by atoms with Gasteiger partial charge in [-0.15, -0.1) is 0 Å². The number of amides is 4. The summed E-state index contributed by atoms with van der Waals surface area (Å²) >= 11 is 0. The van der Waals surface area contributed by atoms with Gasteiger partial charge in [0.25, 0.3) is 11.8 Å². The molecule has 1 aliphatic rings. The van der Waals surface area contributed by atoms with Crippen LogP contribution in [-0.4, -0.2) is 41.9 Å². The van der Waals surface area contributed by atoms with Crippen molar-refractivity contribution >= 4 is 29.5 Å². The molecule has 1 heterocycles. The molecule has 1 aliphatic heterocycles. The van der Waals surface area contributed by atoms with Gasteiger partial charge in [-0.25, -0.2) is 9.18 Å². The maximum atomic E-state index is 13.5. The first kappa shape index (κ1) is 20.0. The molecule has 29 heavy (non-hydrogen) atoms. The van der Waals surface area contributed by atoms with Crippen molar-refractivity contribution < 1.29 is 28.3 Å².